The molecule has 0 aliphatic carbocycles. The summed E-state index contributed by atoms with van der Waals surface area (Å²) in [6.07, 6.45) is 0.772. The van der Waals surface area contributed by atoms with Crippen molar-refractivity contribution in [3.63, 3.8) is 0 Å². The minimum absolute atomic E-state index is 0.00897. The summed E-state index contributed by atoms with van der Waals surface area (Å²) in [6, 6.07) is 10.2. The number of hydrogen-bond acceptors (Lipinski definition) is 5. The summed E-state index contributed by atoms with van der Waals surface area (Å²) in [5.74, 6) is 0. The van der Waals surface area contributed by atoms with Crippen LogP contribution >= 0.6 is 11.3 Å². The Morgan fingerprint density at radius 1 is 1.16 bits per heavy atom. The van der Waals surface area contributed by atoms with Crippen LogP contribution in [0.1, 0.15) is 11.8 Å². The predicted octanol–water partition coefficient (Wildman–Crippen LogP) is 1.29. The van der Waals surface area contributed by atoms with Crippen molar-refractivity contribution in [2.75, 3.05) is 6.54 Å². The number of nitrogens with one attached hydrogen (secondary N) is 2. The molecule has 9 heteroatoms. The maximum absolute atomic E-state index is 12.3. The van der Waals surface area contributed by atoms with Gasteiger partial charge in [0.05, 0.1) is 11.0 Å². The number of thiophene rings is 1. The van der Waals surface area contributed by atoms with Crippen LogP contribution in [-0.2, 0) is 23.0 Å². The van der Waals surface area contributed by atoms with E-state index in [1.807, 2.05) is 6.92 Å². The van der Waals surface area contributed by atoms with Crippen LogP contribution in [0.25, 0.3) is 11.0 Å². The lowest BCUT2D eigenvalue weighted by molar-refractivity contribution is 0.574. The molecule has 2 aromatic heterocycles. The first-order valence-corrected chi connectivity index (χ1v) is 10.0. The van der Waals surface area contributed by atoms with E-state index in [2.05, 4.69) is 9.71 Å². The molecule has 0 saturated carbocycles. The maximum Gasteiger partial charge on any atom is 0.316 e. The number of benzene rings is 1. The number of rotatable bonds is 6. The van der Waals surface area contributed by atoms with Crippen LogP contribution in [0.4, 0.5) is 0 Å². The van der Waals surface area contributed by atoms with Gasteiger partial charge in [-0.25, -0.2) is 13.1 Å². The first-order chi connectivity index (χ1) is 11.9. The van der Waals surface area contributed by atoms with E-state index in [4.69, 9.17) is 0 Å². The van der Waals surface area contributed by atoms with Gasteiger partial charge in [-0.3, -0.25) is 9.59 Å². The first kappa shape index (κ1) is 17.6. The van der Waals surface area contributed by atoms with Crippen LogP contribution in [-0.4, -0.2) is 24.5 Å². The number of hydrogen-bond donors (Lipinski definition) is 2. The Bertz CT molecular complexity index is 1130. The molecular weight excluding hydrogens is 362 g/mol. The molecule has 0 radical (unpaired) electrons. The van der Waals surface area contributed by atoms with Crippen LogP contribution in [0.2, 0.25) is 0 Å². The topological polar surface area (TPSA) is 101 Å². The van der Waals surface area contributed by atoms with Crippen molar-refractivity contribution in [2.24, 2.45) is 0 Å². The lowest BCUT2D eigenvalue weighted by atomic mass is 10.3. The number of fused-ring (bicyclic) bond motifs is 1. The van der Waals surface area contributed by atoms with Crippen LogP contribution in [0.15, 0.2) is 50.2 Å². The third kappa shape index (κ3) is 3.58. The highest BCUT2D eigenvalue weighted by Gasteiger charge is 2.16. The summed E-state index contributed by atoms with van der Waals surface area (Å²) in [4.78, 5) is 27.3. The van der Waals surface area contributed by atoms with Crippen molar-refractivity contribution in [2.45, 2.75) is 24.1 Å². The molecule has 0 bridgehead atoms. The summed E-state index contributed by atoms with van der Waals surface area (Å²) in [6.45, 7) is 2.03. The predicted molar refractivity (Wildman–Crippen MR) is 97.7 cm³/mol. The highest BCUT2D eigenvalue weighted by atomic mass is 32.2. The van der Waals surface area contributed by atoms with E-state index >= 15 is 0 Å². The SMILES string of the molecule is CCc1ccc(S(=O)(=O)NCCn2c(=O)c(=O)[nH]c3ccccc32)s1. The van der Waals surface area contributed by atoms with E-state index in [9.17, 15) is 18.0 Å². The van der Waals surface area contributed by atoms with Crippen molar-refractivity contribution in [1.29, 1.82) is 0 Å². The molecule has 3 aromatic rings. The largest absolute Gasteiger partial charge is 0.316 e. The molecule has 0 aliphatic rings. The number of sulfonamides is 1. The van der Waals surface area contributed by atoms with Crippen molar-refractivity contribution < 1.29 is 8.42 Å². The molecule has 132 valence electrons. The monoisotopic (exact) mass is 379 g/mol. The van der Waals surface area contributed by atoms with E-state index in [1.54, 1.807) is 36.4 Å². The van der Waals surface area contributed by atoms with Crippen LogP contribution in [0, 0.1) is 0 Å². The third-order valence-corrected chi connectivity index (χ3v) is 6.94. The minimum Gasteiger partial charge on any atom is -0.316 e. The Kier molecular flexibility index (Phi) is 4.89. The Balaban J connectivity index is 1.83. The van der Waals surface area contributed by atoms with Crippen molar-refractivity contribution in [3.05, 3.63) is 62.0 Å². The summed E-state index contributed by atoms with van der Waals surface area (Å²) >= 11 is 1.22. The summed E-state index contributed by atoms with van der Waals surface area (Å²) < 4.78 is 28.6. The van der Waals surface area contributed by atoms with E-state index in [0.29, 0.717) is 11.0 Å². The van der Waals surface area contributed by atoms with Crippen molar-refractivity contribution in [3.8, 4) is 0 Å². The summed E-state index contributed by atoms with van der Waals surface area (Å²) in [5, 5.41) is 0. The van der Waals surface area contributed by atoms with Gasteiger partial charge in [-0.2, -0.15) is 0 Å². The van der Waals surface area contributed by atoms with Crippen molar-refractivity contribution >= 4 is 32.4 Å². The fourth-order valence-electron chi connectivity index (χ4n) is 2.50. The van der Waals surface area contributed by atoms with Gasteiger partial charge in [0.2, 0.25) is 10.0 Å². The molecule has 0 fully saturated rings. The lowest BCUT2D eigenvalue weighted by Crippen LogP contribution is -2.39. The molecule has 25 heavy (non-hydrogen) atoms. The standard InChI is InChI=1S/C16H17N3O4S2/c1-2-11-7-8-14(24-11)25(22,23)17-9-10-19-13-6-4-3-5-12(13)18-15(20)16(19)21/h3-8,17H,2,9-10H2,1H3,(H,18,20). The average Bonchev–Trinajstić information content (AvgIpc) is 3.08. The average molecular weight is 379 g/mol. The minimum atomic E-state index is -3.63. The second-order valence-corrected chi connectivity index (χ2v) is 8.56. The zero-order valence-corrected chi connectivity index (χ0v) is 15.1. The van der Waals surface area contributed by atoms with Gasteiger partial charge in [-0.1, -0.05) is 19.1 Å². The van der Waals surface area contributed by atoms with Crippen LogP contribution in [0.3, 0.4) is 0 Å². The zero-order valence-electron chi connectivity index (χ0n) is 13.5. The van der Waals surface area contributed by atoms with E-state index in [1.165, 1.54) is 15.9 Å². The Morgan fingerprint density at radius 2 is 1.92 bits per heavy atom. The Morgan fingerprint density at radius 3 is 2.64 bits per heavy atom. The number of aromatic amines is 1. The molecular formula is C16H17N3O4S2. The Hall–Kier alpha value is -2.23. The maximum atomic E-state index is 12.3. The Labute approximate surface area is 148 Å². The normalized spacial score (nSPS) is 11.9. The first-order valence-electron chi connectivity index (χ1n) is 7.72. The molecule has 1 aromatic carbocycles. The van der Waals surface area contributed by atoms with Crippen LogP contribution < -0.4 is 15.8 Å². The highest BCUT2D eigenvalue weighted by Crippen LogP contribution is 2.21. The molecule has 0 unspecified atom stereocenters. The van der Waals surface area contributed by atoms with E-state index in [0.717, 1.165) is 11.3 Å². The smallest absolute Gasteiger partial charge is 0.316 e. The molecule has 0 atom stereocenters. The molecule has 3 rings (SSSR count). The quantitative estimate of drug-likeness (QED) is 0.630. The molecule has 0 amide bonds. The fourth-order valence-corrected chi connectivity index (χ4v) is 4.86. The van der Waals surface area contributed by atoms with Crippen LogP contribution in [0.5, 0.6) is 0 Å². The second kappa shape index (κ2) is 6.95. The summed E-state index contributed by atoms with van der Waals surface area (Å²) in [5.41, 5.74) is -0.355. The number of H-pyrrole nitrogens is 1. The molecule has 2 N–H and O–H groups in total. The number of aryl methyl sites for hydroxylation is 1. The highest BCUT2D eigenvalue weighted by molar-refractivity contribution is 7.91. The molecule has 2 heterocycles. The van der Waals surface area contributed by atoms with Gasteiger partial charge in [0.1, 0.15) is 4.21 Å². The van der Waals surface area contributed by atoms with Gasteiger partial charge in [-0.05, 0) is 30.7 Å². The number of para-hydroxylation sites is 2. The fraction of sp³-hybridized carbons (Fsp3) is 0.250. The van der Waals surface area contributed by atoms with E-state index < -0.39 is 21.1 Å². The molecule has 0 aliphatic heterocycles. The van der Waals surface area contributed by atoms with Gasteiger partial charge < -0.3 is 9.55 Å². The number of aromatic nitrogens is 2. The van der Waals surface area contributed by atoms with Gasteiger partial charge in [0.15, 0.2) is 0 Å². The van der Waals surface area contributed by atoms with Gasteiger partial charge in [-0.15, -0.1) is 11.3 Å². The molecule has 7 nitrogen and oxygen atoms in total. The zero-order chi connectivity index (χ0) is 18.0. The third-order valence-electron chi connectivity index (χ3n) is 3.76. The molecule has 0 spiro atoms. The number of nitrogens with zero attached hydrogens (tertiary/aromatic N) is 1. The lowest BCUT2D eigenvalue weighted by Gasteiger charge is -2.10. The van der Waals surface area contributed by atoms with E-state index in [-0.39, 0.29) is 17.3 Å². The van der Waals surface area contributed by atoms with Gasteiger partial charge in [0.25, 0.3) is 0 Å². The molecule has 0 saturated heterocycles. The van der Waals surface area contributed by atoms with Crippen molar-refractivity contribution in [1.82, 2.24) is 14.3 Å². The van der Waals surface area contributed by atoms with Gasteiger partial charge >= 0.3 is 11.1 Å². The second-order valence-electron chi connectivity index (χ2n) is 5.40. The summed E-state index contributed by atoms with van der Waals surface area (Å²) in [7, 11) is -3.63. The van der Waals surface area contributed by atoms with Gasteiger partial charge in [0, 0.05) is 18.0 Å².